The quantitative estimate of drug-likeness (QED) is 0.784. The first kappa shape index (κ1) is 17.7. The van der Waals surface area contributed by atoms with Gasteiger partial charge in [0.05, 0.1) is 7.11 Å². The number of aromatic nitrogens is 1. The van der Waals surface area contributed by atoms with Gasteiger partial charge in [-0.2, -0.15) is 0 Å². The molecule has 0 atom stereocenters. The zero-order valence-electron chi connectivity index (χ0n) is 15.4. The van der Waals surface area contributed by atoms with Crippen LogP contribution < -0.4 is 4.74 Å². The molecule has 2 aliphatic rings. The number of hydrogen-bond acceptors (Lipinski definition) is 5. The van der Waals surface area contributed by atoms with Gasteiger partial charge in [0, 0.05) is 41.9 Å². The minimum absolute atomic E-state index is 0.0628. The lowest BCUT2D eigenvalue weighted by Gasteiger charge is -2.62. The van der Waals surface area contributed by atoms with Crippen molar-refractivity contribution in [2.24, 2.45) is 10.8 Å². The molecule has 1 amide bonds. The molecule has 0 radical (unpaired) electrons. The zero-order chi connectivity index (χ0) is 18.3. The van der Waals surface area contributed by atoms with Crippen LogP contribution in [0.2, 0.25) is 0 Å². The van der Waals surface area contributed by atoms with Gasteiger partial charge >= 0.3 is 6.09 Å². The summed E-state index contributed by atoms with van der Waals surface area (Å²) in [6.45, 7) is 6.93. The number of carbonyl (C=O) groups excluding carboxylic acids is 2. The minimum atomic E-state index is -0.483. The van der Waals surface area contributed by atoms with E-state index in [9.17, 15) is 9.59 Å². The highest BCUT2D eigenvalue weighted by atomic mass is 16.6. The van der Waals surface area contributed by atoms with Crippen LogP contribution in [0.15, 0.2) is 18.5 Å². The number of pyridine rings is 1. The standard InChI is InChI=1S/C19H26N2O4/c1-17(2,3)25-16(23)21-11-19(12-21)9-18(10-19,13-22)7-14-8-20-6-5-15(14)24-4/h5-6,8,13H,7,9-12H2,1-4H3. The van der Waals surface area contributed by atoms with Crippen molar-refractivity contribution in [1.29, 1.82) is 0 Å². The Balaban J connectivity index is 1.59. The monoisotopic (exact) mass is 346 g/mol. The Hall–Kier alpha value is -2.11. The summed E-state index contributed by atoms with van der Waals surface area (Å²) >= 11 is 0. The van der Waals surface area contributed by atoms with E-state index in [0.717, 1.165) is 30.4 Å². The number of hydrogen-bond donors (Lipinski definition) is 0. The molecule has 0 bridgehead atoms. The van der Waals surface area contributed by atoms with Crippen molar-refractivity contribution < 1.29 is 19.1 Å². The second-order valence-electron chi connectivity index (χ2n) is 8.53. The van der Waals surface area contributed by atoms with Gasteiger partial charge in [-0.3, -0.25) is 4.98 Å². The third-order valence-corrected chi connectivity index (χ3v) is 5.03. The summed E-state index contributed by atoms with van der Waals surface area (Å²) in [5.74, 6) is 0.765. The van der Waals surface area contributed by atoms with Crippen LogP contribution >= 0.6 is 0 Å². The Labute approximate surface area is 148 Å². The summed E-state index contributed by atoms with van der Waals surface area (Å²) in [5.41, 5.74) is 0.155. The Morgan fingerprint density at radius 1 is 1.36 bits per heavy atom. The second-order valence-corrected chi connectivity index (χ2v) is 8.53. The molecule has 1 spiro atoms. The number of ether oxygens (including phenoxy) is 2. The fourth-order valence-electron chi connectivity index (χ4n) is 4.26. The van der Waals surface area contributed by atoms with Crippen molar-refractivity contribution in [1.82, 2.24) is 9.88 Å². The maximum Gasteiger partial charge on any atom is 0.410 e. The van der Waals surface area contributed by atoms with E-state index >= 15 is 0 Å². The molecule has 0 aromatic carbocycles. The number of rotatable bonds is 4. The van der Waals surface area contributed by atoms with Gasteiger partial charge in [-0.1, -0.05) is 0 Å². The molecule has 2 heterocycles. The fourth-order valence-corrected chi connectivity index (χ4v) is 4.26. The summed E-state index contributed by atoms with van der Waals surface area (Å²) < 4.78 is 10.8. The van der Waals surface area contributed by atoms with Crippen LogP contribution in [0.4, 0.5) is 4.79 Å². The van der Waals surface area contributed by atoms with E-state index in [1.165, 1.54) is 0 Å². The first-order valence-electron chi connectivity index (χ1n) is 8.61. The fraction of sp³-hybridized carbons (Fsp3) is 0.632. The molecular formula is C19H26N2O4. The van der Waals surface area contributed by atoms with Crippen LogP contribution in [0.5, 0.6) is 5.75 Å². The van der Waals surface area contributed by atoms with Crippen molar-refractivity contribution in [3.63, 3.8) is 0 Å². The molecule has 25 heavy (non-hydrogen) atoms. The van der Waals surface area contributed by atoms with E-state index < -0.39 is 5.60 Å². The maximum absolute atomic E-state index is 12.1. The van der Waals surface area contributed by atoms with Gasteiger partial charge in [-0.25, -0.2) is 4.79 Å². The number of carbonyl (C=O) groups is 2. The van der Waals surface area contributed by atoms with Gasteiger partial charge in [0.25, 0.3) is 0 Å². The Kier molecular flexibility index (Phi) is 4.25. The van der Waals surface area contributed by atoms with E-state index in [1.807, 2.05) is 26.8 Å². The van der Waals surface area contributed by atoms with Gasteiger partial charge in [-0.15, -0.1) is 0 Å². The number of likely N-dealkylation sites (tertiary alicyclic amines) is 1. The smallest absolute Gasteiger partial charge is 0.410 e. The Morgan fingerprint density at radius 2 is 2.04 bits per heavy atom. The summed E-state index contributed by atoms with van der Waals surface area (Å²) in [6, 6.07) is 1.82. The Bertz CT molecular complexity index is 666. The zero-order valence-corrected chi connectivity index (χ0v) is 15.4. The molecule has 0 N–H and O–H groups in total. The van der Waals surface area contributed by atoms with Gasteiger partial charge in [-0.05, 0) is 46.1 Å². The van der Waals surface area contributed by atoms with Crippen molar-refractivity contribution in [2.45, 2.75) is 45.6 Å². The number of aldehydes is 1. The Morgan fingerprint density at radius 3 is 2.60 bits per heavy atom. The van der Waals surface area contributed by atoms with Crippen molar-refractivity contribution in [2.75, 3.05) is 20.2 Å². The largest absolute Gasteiger partial charge is 0.496 e. The summed E-state index contributed by atoms with van der Waals surface area (Å²) in [7, 11) is 1.62. The predicted molar refractivity (Wildman–Crippen MR) is 92.5 cm³/mol. The van der Waals surface area contributed by atoms with Gasteiger partial charge in [0.2, 0.25) is 0 Å². The summed E-state index contributed by atoms with van der Waals surface area (Å²) in [4.78, 5) is 29.7. The molecular weight excluding hydrogens is 320 g/mol. The molecule has 6 heteroatoms. The SMILES string of the molecule is COc1ccncc1CC1(C=O)CC2(CN(C(=O)OC(C)(C)C)C2)C1. The van der Waals surface area contributed by atoms with E-state index in [-0.39, 0.29) is 16.9 Å². The topological polar surface area (TPSA) is 68.7 Å². The van der Waals surface area contributed by atoms with E-state index in [0.29, 0.717) is 19.5 Å². The second kappa shape index (κ2) is 6.00. The molecule has 3 rings (SSSR count). The predicted octanol–water partition coefficient (Wildman–Crippen LogP) is 2.85. The van der Waals surface area contributed by atoms with E-state index in [1.54, 1.807) is 24.4 Å². The average molecular weight is 346 g/mol. The summed E-state index contributed by atoms with van der Waals surface area (Å²) in [5, 5.41) is 0. The highest BCUT2D eigenvalue weighted by molar-refractivity contribution is 5.70. The van der Waals surface area contributed by atoms with Crippen molar-refractivity contribution in [3.8, 4) is 5.75 Å². The van der Waals surface area contributed by atoms with Crippen LogP contribution in [0.1, 0.15) is 39.2 Å². The first-order chi connectivity index (χ1) is 11.7. The lowest BCUT2D eigenvalue weighted by atomic mass is 9.49. The van der Waals surface area contributed by atoms with Crippen LogP contribution in [-0.2, 0) is 16.0 Å². The van der Waals surface area contributed by atoms with Gasteiger partial charge < -0.3 is 19.2 Å². The molecule has 6 nitrogen and oxygen atoms in total. The van der Waals surface area contributed by atoms with E-state index in [2.05, 4.69) is 4.98 Å². The molecule has 1 saturated carbocycles. The van der Waals surface area contributed by atoms with Crippen LogP contribution in [0.25, 0.3) is 0 Å². The normalized spacial score (nSPS) is 20.4. The number of methoxy groups -OCH3 is 1. The number of nitrogens with zero attached hydrogens (tertiary/aromatic N) is 2. The highest BCUT2D eigenvalue weighted by Crippen LogP contribution is 2.59. The molecule has 1 aliphatic carbocycles. The van der Waals surface area contributed by atoms with Gasteiger partial charge in [0.15, 0.2) is 0 Å². The average Bonchev–Trinajstić information content (AvgIpc) is 2.46. The third kappa shape index (κ3) is 3.48. The lowest BCUT2D eigenvalue weighted by Crippen LogP contribution is -2.67. The van der Waals surface area contributed by atoms with Crippen LogP contribution in [0.3, 0.4) is 0 Å². The van der Waals surface area contributed by atoms with Crippen LogP contribution in [0, 0.1) is 10.8 Å². The summed E-state index contributed by atoms with van der Waals surface area (Å²) in [6.07, 6.45) is 6.46. The van der Waals surface area contributed by atoms with E-state index in [4.69, 9.17) is 9.47 Å². The number of amides is 1. The van der Waals surface area contributed by atoms with Crippen molar-refractivity contribution >= 4 is 12.4 Å². The molecule has 136 valence electrons. The molecule has 1 aromatic heterocycles. The van der Waals surface area contributed by atoms with Crippen LogP contribution in [-0.4, -0.2) is 48.1 Å². The minimum Gasteiger partial charge on any atom is -0.496 e. The lowest BCUT2D eigenvalue weighted by molar-refractivity contribution is -0.153. The molecule has 1 aromatic rings. The maximum atomic E-state index is 12.1. The van der Waals surface area contributed by atoms with Crippen molar-refractivity contribution in [3.05, 3.63) is 24.0 Å². The molecule has 2 fully saturated rings. The van der Waals surface area contributed by atoms with Gasteiger partial charge in [0.1, 0.15) is 17.6 Å². The third-order valence-electron chi connectivity index (χ3n) is 5.03. The highest BCUT2D eigenvalue weighted by Gasteiger charge is 2.61. The molecule has 1 aliphatic heterocycles. The first-order valence-corrected chi connectivity index (χ1v) is 8.61. The molecule has 0 unspecified atom stereocenters. The molecule has 1 saturated heterocycles.